The van der Waals surface area contributed by atoms with Gasteiger partial charge in [0.05, 0.1) is 0 Å². The van der Waals surface area contributed by atoms with E-state index in [2.05, 4.69) is 5.32 Å². The van der Waals surface area contributed by atoms with E-state index < -0.39 is 0 Å². The van der Waals surface area contributed by atoms with Crippen LogP contribution in [0.2, 0.25) is 0 Å². The van der Waals surface area contributed by atoms with E-state index in [1.807, 2.05) is 38.1 Å². The number of rotatable bonds is 6. The fraction of sp³-hybridized carbons (Fsp3) is 0.429. The Bertz CT molecular complexity index is 393. The number of Topliss-reactive ketones (excluding diaryl/α,β-unsaturated/α-hetero) is 1. The Morgan fingerprint density at radius 2 is 1.76 bits per heavy atom. The van der Waals surface area contributed by atoms with E-state index >= 15 is 0 Å². The highest BCUT2D eigenvalue weighted by molar-refractivity contribution is 5.78. The summed E-state index contributed by atoms with van der Waals surface area (Å²) in [5.41, 5.74) is 1.93. The van der Waals surface area contributed by atoms with Crippen molar-refractivity contribution >= 4 is 12.2 Å². The van der Waals surface area contributed by atoms with Crippen molar-refractivity contribution in [1.29, 1.82) is 0 Å². The number of carbonyl (C=O) groups excluding carboxylic acids is 2. The van der Waals surface area contributed by atoms with Crippen molar-refractivity contribution in [2.24, 2.45) is 0 Å². The third-order valence-electron chi connectivity index (χ3n) is 2.57. The van der Waals surface area contributed by atoms with Gasteiger partial charge in [0.15, 0.2) is 0 Å². The molecule has 1 aromatic carbocycles. The van der Waals surface area contributed by atoms with Crippen LogP contribution >= 0.6 is 0 Å². The Kier molecular flexibility index (Phi) is 4.44. The summed E-state index contributed by atoms with van der Waals surface area (Å²) in [5, 5.41) is 2.78. The second-order valence-corrected chi connectivity index (χ2v) is 5.02. The van der Waals surface area contributed by atoms with Crippen molar-refractivity contribution in [2.45, 2.75) is 39.2 Å². The first-order chi connectivity index (χ1) is 7.93. The number of nitrogens with one attached hydrogen (secondary N) is 1. The van der Waals surface area contributed by atoms with E-state index in [9.17, 15) is 9.59 Å². The standard InChI is InChI=1S/C14H19NO2/c1-11(17)8-12-4-6-13(7-5-12)9-14(2,3)15-10-16/h4-7,10H,8-9H2,1-3H3,(H,15,16). The lowest BCUT2D eigenvalue weighted by atomic mass is 9.94. The van der Waals surface area contributed by atoms with E-state index in [0.717, 1.165) is 24.0 Å². The van der Waals surface area contributed by atoms with Crippen molar-refractivity contribution in [2.75, 3.05) is 0 Å². The lowest BCUT2D eigenvalue weighted by Crippen LogP contribution is -2.40. The van der Waals surface area contributed by atoms with Crippen LogP contribution in [-0.4, -0.2) is 17.7 Å². The molecule has 1 rings (SSSR count). The fourth-order valence-electron chi connectivity index (χ4n) is 1.78. The minimum Gasteiger partial charge on any atom is -0.353 e. The predicted molar refractivity (Wildman–Crippen MR) is 67.8 cm³/mol. The van der Waals surface area contributed by atoms with Crippen LogP contribution in [0.3, 0.4) is 0 Å². The molecule has 0 aromatic heterocycles. The molecular formula is C14H19NO2. The number of ketones is 1. The maximum Gasteiger partial charge on any atom is 0.207 e. The zero-order valence-electron chi connectivity index (χ0n) is 10.6. The van der Waals surface area contributed by atoms with Gasteiger partial charge in [-0.2, -0.15) is 0 Å². The third-order valence-corrected chi connectivity index (χ3v) is 2.57. The molecule has 0 fully saturated rings. The van der Waals surface area contributed by atoms with Gasteiger partial charge in [-0.1, -0.05) is 24.3 Å². The largest absolute Gasteiger partial charge is 0.353 e. The Balaban J connectivity index is 2.68. The van der Waals surface area contributed by atoms with Gasteiger partial charge in [0.25, 0.3) is 0 Å². The highest BCUT2D eigenvalue weighted by Gasteiger charge is 2.16. The Morgan fingerprint density at radius 3 is 2.24 bits per heavy atom. The minimum atomic E-state index is -0.246. The normalized spacial score (nSPS) is 11.0. The highest BCUT2D eigenvalue weighted by Crippen LogP contribution is 2.13. The quantitative estimate of drug-likeness (QED) is 0.763. The summed E-state index contributed by atoms with van der Waals surface area (Å²) in [4.78, 5) is 21.4. The van der Waals surface area contributed by atoms with Gasteiger partial charge >= 0.3 is 0 Å². The molecule has 0 unspecified atom stereocenters. The SMILES string of the molecule is CC(=O)Cc1ccc(CC(C)(C)NC=O)cc1. The van der Waals surface area contributed by atoms with Crippen LogP contribution in [0.15, 0.2) is 24.3 Å². The second-order valence-electron chi connectivity index (χ2n) is 5.02. The molecule has 0 radical (unpaired) electrons. The second kappa shape index (κ2) is 5.62. The van der Waals surface area contributed by atoms with Crippen LogP contribution in [0.4, 0.5) is 0 Å². The van der Waals surface area contributed by atoms with E-state index in [-0.39, 0.29) is 11.3 Å². The van der Waals surface area contributed by atoms with Gasteiger partial charge in [0.1, 0.15) is 5.78 Å². The van der Waals surface area contributed by atoms with Crippen molar-refractivity contribution < 1.29 is 9.59 Å². The Labute approximate surface area is 102 Å². The Hall–Kier alpha value is -1.64. The van der Waals surface area contributed by atoms with Crippen LogP contribution in [0.25, 0.3) is 0 Å². The van der Waals surface area contributed by atoms with Crippen LogP contribution in [0.1, 0.15) is 31.9 Å². The smallest absolute Gasteiger partial charge is 0.207 e. The van der Waals surface area contributed by atoms with Crippen molar-refractivity contribution in [3.63, 3.8) is 0 Å². The lowest BCUT2D eigenvalue weighted by Gasteiger charge is -2.23. The molecule has 0 bridgehead atoms. The monoisotopic (exact) mass is 233 g/mol. The topological polar surface area (TPSA) is 46.2 Å². The molecule has 92 valence electrons. The summed E-state index contributed by atoms with van der Waals surface area (Å²) in [6.07, 6.45) is 1.98. The summed E-state index contributed by atoms with van der Waals surface area (Å²) >= 11 is 0. The van der Waals surface area contributed by atoms with Crippen molar-refractivity contribution in [1.82, 2.24) is 5.32 Å². The molecule has 0 aliphatic heterocycles. The molecule has 0 saturated carbocycles. The van der Waals surface area contributed by atoms with Crippen LogP contribution in [-0.2, 0) is 22.4 Å². The van der Waals surface area contributed by atoms with E-state index in [4.69, 9.17) is 0 Å². The number of benzene rings is 1. The number of amides is 1. The molecular weight excluding hydrogens is 214 g/mol. The molecule has 0 aliphatic rings. The molecule has 1 aromatic rings. The molecule has 17 heavy (non-hydrogen) atoms. The van der Waals surface area contributed by atoms with Gasteiger partial charge in [-0.05, 0) is 38.3 Å². The maximum absolute atomic E-state index is 11.0. The molecule has 0 aliphatic carbocycles. The predicted octanol–water partition coefficient (Wildman–Crippen LogP) is 1.89. The summed E-state index contributed by atoms with van der Waals surface area (Å²) in [5.74, 6) is 0.167. The summed E-state index contributed by atoms with van der Waals surface area (Å²) in [6.45, 7) is 5.54. The fourth-order valence-corrected chi connectivity index (χ4v) is 1.78. The molecule has 1 amide bonds. The number of hydrogen-bond acceptors (Lipinski definition) is 2. The molecule has 3 nitrogen and oxygen atoms in total. The number of hydrogen-bond donors (Lipinski definition) is 1. The zero-order chi connectivity index (χ0) is 12.9. The molecule has 0 heterocycles. The molecule has 1 N–H and O–H groups in total. The van der Waals surface area contributed by atoms with Gasteiger partial charge < -0.3 is 5.32 Å². The van der Waals surface area contributed by atoms with Gasteiger partial charge in [-0.15, -0.1) is 0 Å². The molecule has 3 heteroatoms. The lowest BCUT2D eigenvalue weighted by molar-refractivity contribution is -0.116. The first-order valence-electron chi connectivity index (χ1n) is 5.71. The summed E-state index contributed by atoms with van der Waals surface area (Å²) in [6, 6.07) is 7.94. The average molecular weight is 233 g/mol. The van der Waals surface area contributed by atoms with Crippen molar-refractivity contribution in [3.8, 4) is 0 Å². The summed E-state index contributed by atoms with van der Waals surface area (Å²) < 4.78 is 0. The first-order valence-corrected chi connectivity index (χ1v) is 5.71. The molecule has 0 saturated heterocycles. The summed E-state index contributed by atoms with van der Waals surface area (Å²) in [7, 11) is 0. The average Bonchev–Trinajstić information content (AvgIpc) is 2.19. The van der Waals surface area contributed by atoms with Gasteiger partial charge in [0, 0.05) is 12.0 Å². The van der Waals surface area contributed by atoms with E-state index in [1.54, 1.807) is 6.92 Å². The Morgan fingerprint density at radius 1 is 1.24 bits per heavy atom. The van der Waals surface area contributed by atoms with Crippen LogP contribution in [0.5, 0.6) is 0 Å². The van der Waals surface area contributed by atoms with Crippen LogP contribution < -0.4 is 5.32 Å². The first kappa shape index (κ1) is 13.4. The van der Waals surface area contributed by atoms with Crippen LogP contribution in [0, 0.1) is 0 Å². The van der Waals surface area contributed by atoms with E-state index in [0.29, 0.717) is 6.42 Å². The highest BCUT2D eigenvalue weighted by atomic mass is 16.1. The van der Waals surface area contributed by atoms with Gasteiger partial charge in [0.2, 0.25) is 6.41 Å². The van der Waals surface area contributed by atoms with E-state index in [1.165, 1.54) is 0 Å². The maximum atomic E-state index is 11.0. The van der Waals surface area contributed by atoms with Gasteiger partial charge in [-0.3, -0.25) is 9.59 Å². The molecule has 0 spiro atoms. The number of carbonyl (C=O) groups is 2. The molecule has 0 atom stereocenters. The van der Waals surface area contributed by atoms with Gasteiger partial charge in [-0.25, -0.2) is 0 Å². The minimum absolute atomic E-state index is 0.167. The zero-order valence-corrected chi connectivity index (χ0v) is 10.6. The van der Waals surface area contributed by atoms with Crippen molar-refractivity contribution in [3.05, 3.63) is 35.4 Å². The third kappa shape index (κ3) is 4.81.